The van der Waals surface area contributed by atoms with Crippen molar-refractivity contribution in [1.82, 2.24) is 4.31 Å². The van der Waals surface area contributed by atoms with Crippen molar-refractivity contribution in [3.05, 3.63) is 63.6 Å². The zero-order chi connectivity index (χ0) is 21.7. The van der Waals surface area contributed by atoms with Gasteiger partial charge in [-0.2, -0.15) is 4.31 Å². The van der Waals surface area contributed by atoms with E-state index in [9.17, 15) is 18.0 Å². The number of halogens is 2. The number of ether oxygens (including phenoxy) is 1. The minimum Gasteiger partial charge on any atom is -0.454 e. The summed E-state index contributed by atoms with van der Waals surface area (Å²) in [5, 5.41) is 0.546. The van der Waals surface area contributed by atoms with Crippen molar-refractivity contribution in [3.8, 4) is 0 Å². The Labute approximate surface area is 185 Å². The van der Waals surface area contributed by atoms with Crippen molar-refractivity contribution in [3.63, 3.8) is 0 Å². The number of Topliss-reactive ketones (excluding diaryl/α,β-unsaturated/α-hetero) is 1. The van der Waals surface area contributed by atoms with Crippen LogP contribution in [0, 0.1) is 0 Å². The first-order valence-corrected chi connectivity index (χ1v) is 11.7. The highest BCUT2D eigenvalue weighted by Crippen LogP contribution is 2.23. The molecule has 0 radical (unpaired) electrons. The molecule has 9 heteroatoms. The molecule has 2 aromatic carbocycles. The molecule has 6 nitrogen and oxygen atoms in total. The van der Waals surface area contributed by atoms with Crippen LogP contribution in [0.5, 0.6) is 0 Å². The quantitative estimate of drug-likeness (QED) is 0.456. The number of benzene rings is 2. The fourth-order valence-corrected chi connectivity index (χ4v) is 5.30. The second-order valence-corrected chi connectivity index (χ2v) is 9.75. The molecule has 1 aliphatic heterocycles. The summed E-state index contributed by atoms with van der Waals surface area (Å²) in [5.74, 6) is -1.28. The monoisotopic (exact) mass is 469 g/mol. The number of nitrogens with zero attached hydrogens (tertiary/aromatic N) is 1. The zero-order valence-corrected chi connectivity index (χ0v) is 18.5. The van der Waals surface area contributed by atoms with E-state index in [-0.39, 0.29) is 21.0 Å². The SMILES string of the molecule is O=C(OCC(=O)c1ccc(Cl)cc1Cl)c1cccc(S(=O)(=O)N2CCCCCC2)c1. The van der Waals surface area contributed by atoms with Crippen molar-refractivity contribution < 1.29 is 22.7 Å². The van der Waals surface area contributed by atoms with E-state index in [4.69, 9.17) is 27.9 Å². The molecule has 0 bridgehead atoms. The van der Waals surface area contributed by atoms with Crippen molar-refractivity contribution in [2.45, 2.75) is 30.6 Å². The van der Waals surface area contributed by atoms with Gasteiger partial charge in [-0.25, -0.2) is 13.2 Å². The lowest BCUT2D eigenvalue weighted by atomic mass is 10.1. The van der Waals surface area contributed by atoms with E-state index in [1.807, 2.05) is 0 Å². The Morgan fingerprint density at radius 2 is 1.67 bits per heavy atom. The van der Waals surface area contributed by atoms with Gasteiger partial charge in [0.25, 0.3) is 0 Å². The highest BCUT2D eigenvalue weighted by atomic mass is 35.5. The predicted octanol–water partition coefficient (Wildman–Crippen LogP) is 4.60. The number of carbonyl (C=O) groups is 2. The Hall–Kier alpha value is -1.93. The van der Waals surface area contributed by atoms with E-state index in [1.54, 1.807) is 0 Å². The number of sulfonamides is 1. The average Bonchev–Trinajstić information content (AvgIpc) is 3.02. The van der Waals surface area contributed by atoms with E-state index < -0.39 is 28.4 Å². The van der Waals surface area contributed by atoms with Crippen molar-refractivity contribution >= 4 is 45.0 Å². The average molecular weight is 470 g/mol. The number of hydrogen-bond donors (Lipinski definition) is 0. The summed E-state index contributed by atoms with van der Waals surface area (Å²) in [6.07, 6.45) is 3.64. The number of esters is 1. The van der Waals surface area contributed by atoms with Gasteiger partial charge in [-0.15, -0.1) is 0 Å². The summed E-state index contributed by atoms with van der Waals surface area (Å²) in [6.45, 7) is 0.407. The van der Waals surface area contributed by atoms with Gasteiger partial charge in [0.2, 0.25) is 15.8 Å². The Balaban J connectivity index is 1.70. The molecule has 2 aromatic rings. The maximum atomic E-state index is 12.9. The van der Waals surface area contributed by atoms with Gasteiger partial charge in [0.05, 0.1) is 15.5 Å². The van der Waals surface area contributed by atoms with Gasteiger partial charge >= 0.3 is 5.97 Å². The van der Waals surface area contributed by atoms with Crippen LogP contribution in [0.1, 0.15) is 46.4 Å². The van der Waals surface area contributed by atoms with Gasteiger partial charge in [0.15, 0.2) is 6.61 Å². The molecule has 1 heterocycles. The molecule has 0 aliphatic carbocycles. The van der Waals surface area contributed by atoms with Gasteiger partial charge in [-0.05, 0) is 49.2 Å². The van der Waals surface area contributed by atoms with Gasteiger partial charge in [-0.1, -0.05) is 42.1 Å². The molecule has 0 saturated carbocycles. The molecule has 0 spiro atoms. The molecule has 3 rings (SSSR count). The number of ketones is 1. The van der Waals surface area contributed by atoms with Crippen molar-refractivity contribution in [2.24, 2.45) is 0 Å². The Morgan fingerprint density at radius 1 is 0.967 bits per heavy atom. The highest BCUT2D eigenvalue weighted by Gasteiger charge is 2.26. The highest BCUT2D eigenvalue weighted by molar-refractivity contribution is 7.89. The molecule has 1 saturated heterocycles. The minimum atomic E-state index is -3.70. The van der Waals surface area contributed by atoms with E-state index in [1.165, 1.54) is 46.8 Å². The van der Waals surface area contributed by atoms with Crippen LogP contribution in [-0.4, -0.2) is 44.2 Å². The fraction of sp³-hybridized carbons (Fsp3) is 0.333. The van der Waals surface area contributed by atoms with Crippen LogP contribution in [0.25, 0.3) is 0 Å². The van der Waals surface area contributed by atoms with Gasteiger partial charge in [0, 0.05) is 23.7 Å². The first-order valence-electron chi connectivity index (χ1n) is 9.54. The second kappa shape index (κ2) is 9.92. The summed E-state index contributed by atoms with van der Waals surface area (Å²) in [7, 11) is -3.70. The van der Waals surface area contributed by atoms with Gasteiger partial charge < -0.3 is 4.74 Å². The topological polar surface area (TPSA) is 80.8 Å². The second-order valence-electron chi connectivity index (χ2n) is 6.97. The van der Waals surface area contributed by atoms with E-state index in [0.717, 1.165) is 25.7 Å². The predicted molar refractivity (Wildman–Crippen MR) is 115 cm³/mol. The normalized spacial score (nSPS) is 15.4. The summed E-state index contributed by atoms with van der Waals surface area (Å²) < 4.78 is 32.4. The lowest BCUT2D eigenvalue weighted by molar-refractivity contribution is 0.0474. The van der Waals surface area contributed by atoms with Gasteiger partial charge in [0.1, 0.15) is 0 Å². The van der Waals surface area contributed by atoms with Crippen LogP contribution >= 0.6 is 23.2 Å². The molecule has 1 fully saturated rings. The maximum absolute atomic E-state index is 12.9. The first-order chi connectivity index (χ1) is 14.3. The van der Waals surface area contributed by atoms with Crippen LogP contribution in [0.2, 0.25) is 10.0 Å². The molecule has 0 aromatic heterocycles. The summed E-state index contributed by atoms with van der Waals surface area (Å²) in [4.78, 5) is 24.7. The summed E-state index contributed by atoms with van der Waals surface area (Å²) >= 11 is 11.8. The first kappa shape index (κ1) is 22.7. The molecular formula is C21H21Cl2NO5S. The molecule has 160 valence electrons. The van der Waals surface area contributed by atoms with E-state index in [0.29, 0.717) is 18.1 Å². The Morgan fingerprint density at radius 3 is 2.33 bits per heavy atom. The van der Waals surface area contributed by atoms with E-state index >= 15 is 0 Å². The van der Waals surface area contributed by atoms with Gasteiger partial charge in [-0.3, -0.25) is 4.79 Å². The number of carbonyl (C=O) groups excluding carboxylic acids is 2. The fourth-order valence-electron chi connectivity index (χ4n) is 3.22. The number of hydrogen-bond acceptors (Lipinski definition) is 5. The molecule has 0 N–H and O–H groups in total. The minimum absolute atomic E-state index is 0.0333. The third kappa shape index (κ3) is 5.40. The third-order valence-electron chi connectivity index (χ3n) is 4.84. The van der Waals surface area contributed by atoms with Crippen molar-refractivity contribution in [1.29, 1.82) is 0 Å². The molecule has 0 atom stereocenters. The standard InChI is InChI=1S/C21H21Cl2NO5S/c22-16-8-9-18(19(23)13-16)20(25)14-29-21(26)15-6-5-7-17(12-15)30(27,28)24-10-3-1-2-4-11-24/h5-9,12-13H,1-4,10-11,14H2. The maximum Gasteiger partial charge on any atom is 0.338 e. The van der Waals surface area contributed by atoms with Crippen LogP contribution in [0.15, 0.2) is 47.4 Å². The molecule has 30 heavy (non-hydrogen) atoms. The third-order valence-corrected chi connectivity index (χ3v) is 7.28. The molecule has 0 unspecified atom stereocenters. The molecular weight excluding hydrogens is 449 g/mol. The smallest absolute Gasteiger partial charge is 0.338 e. The number of rotatable bonds is 6. The Bertz CT molecular complexity index is 1050. The lowest BCUT2D eigenvalue weighted by Crippen LogP contribution is -2.32. The van der Waals surface area contributed by atoms with Crippen LogP contribution in [0.3, 0.4) is 0 Å². The van der Waals surface area contributed by atoms with E-state index in [2.05, 4.69) is 0 Å². The lowest BCUT2D eigenvalue weighted by Gasteiger charge is -2.20. The van der Waals surface area contributed by atoms with Crippen LogP contribution in [0.4, 0.5) is 0 Å². The van der Waals surface area contributed by atoms with Crippen LogP contribution < -0.4 is 0 Å². The summed E-state index contributed by atoms with van der Waals surface area (Å²) in [5.41, 5.74) is 0.243. The molecule has 0 amide bonds. The van der Waals surface area contributed by atoms with Crippen molar-refractivity contribution in [2.75, 3.05) is 19.7 Å². The zero-order valence-electron chi connectivity index (χ0n) is 16.1. The van der Waals surface area contributed by atoms with Crippen LogP contribution in [-0.2, 0) is 14.8 Å². The largest absolute Gasteiger partial charge is 0.454 e. The summed E-state index contributed by atoms with van der Waals surface area (Å²) in [6, 6.07) is 10.1. The Kier molecular flexibility index (Phi) is 7.52. The molecule has 1 aliphatic rings.